The molecule has 202 valence electrons. The van der Waals surface area contributed by atoms with Gasteiger partial charge in [0.25, 0.3) is 10.0 Å². The van der Waals surface area contributed by atoms with Gasteiger partial charge in [0.2, 0.25) is 11.8 Å². The number of amides is 2. The number of carbonyl (C=O) groups excluding carboxylic acids is 2. The summed E-state index contributed by atoms with van der Waals surface area (Å²) in [6, 6.07) is 19.5. The van der Waals surface area contributed by atoms with Crippen LogP contribution in [0.3, 0.4) is 0 Å². The lowest BCUT2D eigenvalue weighted by Gasteiger charge is -2.33. The molecule has 0 unspecified atom stereocenters. The molecule has 7 nitrogen and oxygen atoms in total. The number of nitrogens with zero attached hydrogens (tertiary/aromatic N) is 2. The highest BCUT2D eigenvalue weighted by molar-refractivity contribution is 7.92. The molecule has 9 heteroatoms. The third kappa shape index (κ3) is 6.98. The van der Waals surface area contributed by atoms with Gasteiger partial charge in [0.05, 0.1) is 10.6 Å². The highest BCUT2D eigenvalue weighted by Crippen LogP contribution is 2.25. The van der Waals surface area contributed by atoms with Crippen molar-refractivity contribution in [1.82, 2.24) is 10.2 Å². The summed E-state index contributed by atoms with van der Waals surface area (Å²) >= 11 is 0. The van der Waals surface area contributed by atoms with Crippen LogP contribution in [0.2, 0.25) is 0 Å². The Morgan fingerprint density at radius 3 is 2.16 bits per heavy atom. The summed E-state index contributed by atoms with van der Waals surface area (Å²) in [4.78, 5) is 28.3. The zero-order valence-corrected chi connectivity index (χ0v) is 22.7. The van der Waals surface area contributed by atoms with E-state index in [1.807, 2.05) is 45.0 Å². The topological polar surface area (TPSA) is 86.8 Å². The average Bonchev–Trinajstić information content (AvgIpc) is 2.92. The summed E-state index contributed by atoms with van der Waals surface area (Å²) in [5.41, 5.74) is 2.09. The van der Waals surface area contributed by atoms with E-state index in [-0.39, 0.29) is 23.0 Å². The molecule has 2 amide bonds. The van der Waals surface area contributed by atoms with E-state index in [4.69, 9.17) is 0 Å². The molecule has 0 aliphatic carbocycles. The number of rotatable bonds is 12. The van der Waals surface area contributed by atoms with Gasteiger partial charge in [-0.3, -0.25) is 13.9 Å². The van der Waals surface area contributed by atoms with Crippen LogP contribution in [0.25, 0.3) is 0 Å². The zero-order valence-electron chi connectivity index (χ0n) is 21.9. The summed E-state index contributed by atoms with van der Waals surface area (Å²) in [7, 11) is -4.23. The minimum absolute atomic E-state index is 0.142. The minimum atomic E-state index is -4.23. The van der Waals surface area contributed by atoms with E-state index in [0.29, 0.717) is 13.0 Å². The highest BCUT2D eigenvalue weighted by atomic mass is 32.2. The summed E-state index contributed by atoms with van der Waals surface area (Å²) in [6.45, 7) is 5.76. The number of benzene rings is 3. The number of para-hydroxylation sites is 1. The molecule has 0 radical (unpaired) electrons. The van der Waals surface area contributed by atoms with E-state index < -0.39 is 34.3 Å². The SMILES string of the molecule is CCCNC(=O)[C@@H](CC)N(Cc1ccccc1C)C(=O)CN(c1ccccc1)S(=O)(=O)c1ccc(F)cc1. The first-order valence-electron chi connectivity index (χ1n) is 12.6. The Morgan fingerprint density at radius 1 is 0.921 bits per heavy atom. The molecule has 0 heterocycles. The Morgan fingerprint density at radius 2 is 1.55 bits per heavy atom. The smallest absolute Gasteiger partial charge is 0.264 e. The molecule has 0 aliphatic rings. The number of halogens is 1. The number of nitrogens with one attached hydrogen (secondary N) is 1. The van der Waals surface area contributed by atoms with Crippen molar-refractivity contribution < 1.29 is 22.4 Å². The predicted molar refractivity (Wildman–Crippen MR) is 146 cm³/mol. The summed E-state index contributed by atoms with van der Waals surface area (Å²) in [6.07, 6.45) is 1.09. The number of sulfonamides is 1. The number of hydrogen-bond donors (Lipinski definition) is 1. The van der Waals surface area contributed by atoms with Gasteiger partial charge in [-0.25, -0.2) is 12.8 Å². The van der Waals surface area contributed by atoms with E-state index in [1.54, 1.807) is 30.3 Å². The van der Waals surface area contributed by atoms with Crippen molar-refractivity contribution in [2.24, 2.45) is 0 Å². The third-order valence-corrected chi connectivity index (χ3v) is 8.05. The van der Waals surface area contributed by atoms with Crippen LogP contribution in [0.15, 0.2) is 83.8 Å². The van der Waals surface area contributed by atoms with Crippen LogP contribution < -0.4 is 9.62 Å². The lowest BCUT2D eigenvalue weighted by Crippen LogP contribution is -2.52. The molecule has 0 spiro atoms. The maximum Gasteiger partial charge on any atom is 0.264 e. The molecule has 0 saturated carbocycles. The number of hydrogen-bond acceptors (Lipinski definition) is 4. The van der Waals surface area contributed by atoms with Crippen molar-refractivity contribution in [3.05, 3.63) is 95.8 Å². The van der Waals surface area contributed by atoms with Gasteiger partial charge in [-0.1, -0.05) is 56.3 Å². The van der Waals surface area contributed by atoms with E-state index >= 15 is 0 Å². The van der Waals surface area contributed by atoms with Gasteiger partial charge in [-0.2, -0.15) is 0 Å². The summed E-state index contributed by atoms with van der Waals surface area (Å²) in [5, 5.41) is 2.87. The fourth-order valence-corrected chi connectivity index (χ4v) is 5.53. The first kappa shape index (κ1) is 28.8. The van der Waals surface area contributed by atoms with Gasteiger partial charge in [-0.05, 0) is 67.3 Å². The molecule has 3 aromatic carbocycles. The second-order valence-corrected chi connectivity index (χ2v) is 10.8. The average molecular weight is 540 g/mol. The van der Waals surface area contributed by atoms with Gasteiger partial charge in [0, 0.05) is 13.1 Å². The van der Waals surface area contributed by atoms with E-state index in [0.717, 1.165) is 34.0 Å². The quantitative estimate of drug-likeness (QED) is 0.363. The molecular weight excluding hydrogens is 505 g/mol. The van der Waals surface area contributed by atoms with E-state index in [9.17, 15) is 22.4 Å². The van der Waals surface area contributed by atoms with E-state index in [1.165, 1.54) is 17.0 Å². The van der Waals surface area contributed by atoms with Crippen LogP contribution in [-0.2, 0) is 26.2 Å². The van der Waals surface area contributed by atoms with Crippen LogP contribution in [0.5, 0.6) is 0 Å². The van der Waals surface area contributed by atoms with Gasteiger partial charge in [-0.15, -0.1) is 0 Å². The zero-order chi connectivity index (χ0) is 27.7. The molecular formula is C29H34FN3O4S. The molecule has 3 aromatic rings. The molecule has 0 aromatic heterocycles. The van der Waals surface area contributed by atoms with Crippen LogP contribution in [0.1, 0.15) is 37.8 Å². The lowest BCUT2D eigenvalue weighted by molar-refractivity contribution is -0.140. The molecule has 0 fully saturated rings. The fraction of sp³-hybridized carbons (Fsp3) is 0.310. The monoisotopic (exact) mass is 539 g/mol. The molecule has 0 bridgehead atoms. The van der Waals surface area contributed by atoms with Crippen molar-refractivity contribution in [2.45, 2.75) is 51.1 Å². The summed E-state index contributed by atoms with van der Waals surface area (Å²) in [5.74, 6) is -1.38. The number of anilines is 1. The van der Waals surface area contributed by atoms with Crippen molar-refractivity contribution in [3.63, 3.8) is 0 Å². The largest absolute Gasteiger partial charge is 0.354 e. The van der Waals surface area contributed by atoms with Gasteiger partial charge in [0.15, 0.2) is 0 Å². The van der Waals surface area contributed by atoms with Crippen molar-refractivity contribution in [1.29, 1.82) is 0 Å². The van der Waals surface area contributed by atoms with Gasteiger partial charge in [0.1, 0.15) is 18.4 Å². The first-order chi connectivity index (χ1) is 18.2. The second kappa shape index (κ2) is 13.2. The Labute approximate surface area is 224 Å². The molecule has 1 atom stereocenters. The standard InChI is InChI=1S/C29H34FN3O4S/c1-4-19-31-29(35)27(5-2)32(20-23-12-10-9-11-22(23)3)28(34)21-33(25-13-7-6-8-14-25)38(36,37)26-17-15-24(30)16-18-26/h6-18,27H,4-5,19-21H2,1-3H3,(H,31,35)/t27-/m1/s1. The van der Waals surface area contributed by atoms with Crippen LogP contribution >= 0.6 is 0 Å². The lowest BCUT2D eigenvalue weighted by atomic mass is 10.1. The maximum atomic E-state index is 13.9. The highest BCUT2D eigenvalue weighted by Gasteiger charge is 2.33. The number of aryl methyl sites for hydroxylation is 1. The van der Waals surface area contributed by atoms with Crippen LogP contribution in [-0.4, -0.2) is 44.3 Å². The molecule has 1 N–H and O–H groups in total. The first-order valence-corrected chi connectivity index (χ1v) is 14.1. The van der Waals surface area contributed by atoms with Gasteiger partial charge < -0.3 is 10.2 Å². The predicted octanol–water partition coefficient (Wildman–Crippen LogP) is 4.66. The molecule has 0 aliphatic heterocycles. The van der Waals surface area contributed by atoms with Crippen LogP contribution in [0.4, 0.5) is 10.1 Å². The molecule has 3 rings (SSSR count). The minimum Gasteiger partial charge on any atom is -0.354 e. The Hall–Kier alpha value is -3.72. The third-order valence-electron chi connectivity index (χ3n) is 6.26. The van der Waals surface area contributed by atoms with Crippen molar-refractivity contribution >= 4 is 27.5 Å². The molecule has 0 saturated heterocycles. The maximum absolute atomic E-state index is 13.9. The second-order valence-electron chi connectivity index (χ2n) is 8.96. The van der Waals surface area contributed by atoms with Crippen LogP contribution in [0, 0.1) is 12.7 Å². The number of carbonyl (C=O) groups is 2. The van der Waals surface area contributed by atoms with E-state index in [2.05, 4.69) is 5.32 Å². The summed E-state index contributed by atoms with van der Waals surface area (Å²) < 4.78 is 41.9. The molecule has 38 heavy (non-hydrogen) atoms. The Bertz CT molecular complexity index is 1330. The Kier molecular flexibility index (Phi) is 10.0. The van der Waals surface area contributed by atoms with Crippen molar-refractivity contribution in [3.8, 4) is 0 Å². The fourth-order valence-electron chi connectivity index (χ4n) is 4.11. The normalized spacial score (nSPS) is 12.0. The Balaban J connectivity index is 2.03. The van der Waals surface area contributed by atoms with Gasteiger partial charge >= 0.3 is 0 Å². The van der Waals surface area contributed by atoms with Crippen molar-refractivity contribution in [2.75, 3.05) is 17.4 Å².